The van der Waals surface area contributed by atoms with Crippen LogP contribution < -0.4 is 38.9 Å². The Morgan fingerprint density at radius 1 is 0.935 bits per heavy atom. The first-order chi connectivity index (χ1) is 14.4. The van der Waals surface area contributed by atoms with Crippen LogP contribution in [-0.2, 0) is 24.0 Å². The third-order valence-electron chi connectivity index (χ3n) is 3.88. The highest BCUT2D eigenvalue weighted by molar-refractivity contribution is 5.95. The van der Waals surface area contributed by atoms with Crippen LogP contribution in [0.4, 0.5) is 0 Å². The highest BCUT2D eigenvalue weighted by Crippen LogP contribution is 2.02. The lowest BCUT2D eigenvalue weighted by atomic mass is 10.1. The molecular weight excluding hydrogens is 416 g/mol. The lowest BCUT2D eigenvalue weighted by molar-refractivity contribution is -0.142. The number of carbonyl (C=O) groups excluding carboxylic acids is 4. The molecule has 0 aliphatic carbocycles. The molecule has 0 radical (unpaired) electrons. The van der Waals surface area contributed by atoms with Crippen LogP contribution in [0.5, 0.6) is 0 Å². The van der Waals surface area contributed by atoms with Crippen molar-refractivity contribution >= 4 is 35.6 Å². The van der Waals surface area contributed by atoms with Crippen LogP contribution in [0.15, 0.2) is 4.99 Å². The first-order valence-corrected chi connectivity index (χ1v) is 9.23. The molecule has 15 heteroatoms. The van der Waals surface area contributed by atoms with E-state index in [0.717, 1.165) is 0 Å². The average molecular weight is 446 g/mol. The van der Waals surface area contributed by atoms with Crippen LogP contribution in [0.1, 0.15) is 26.2 Å². The molecule has 4 amide bonds. The fourth-order valence-electron chi connectivity index (χ4n) is 2.20. The molecule has 15 nitrogen and oxygen atoms in total. The molecule has 0 bridgehead atoms. The van der Waals surface area contributed by atoms with Gasteiger partial charge in [-0.15, -0.1) is 0 Å². The third-order valence-corrected chi connectivity index (χ3v) is 3.88. The molecule has 0 saturated heterocycles. The number of rotatable bonds is 14. The molecule has 0 spiro atoms. The molecule has 4 unspecified atom stereocenters. The SMILES string of the molecule is CC(NC(=O)C(CO)NC(=O)C(CCCN=C(N)N)NC(=O)C(N)CC(N)=O)C(=O)O. The molecular formula is C16H30N8O7. The normalized spacial score (nSPS) is 14.3. The van der Waals surface area contributed by atoms with Gasteiger partial charge < -0.3 is 49.1 Å². The summed E-state index contributed by atoms with van der Waals surface area (Å²) < 4.78 is 0. The number of nitrogens with two attached hydrogens (primary N) is 4. The van der Waals surface area contributed by atoms with Crippen LogP contribution >= 0.6 is 0 Å². The first-order valence-electron chi connectivity index (χ1n) is 9.23. The van der Waals surface area contributed by atoms with E-state index in [1.807, 2.05) is 0 Å². The lowest BCUT2D eigenvalue weighted by Crippen LogP contribution is -2.58. The molecule has 176 valence electrons. The maximum Gasteiger partial charge on any atom is 0.325 e. The predicted molar refractivity (Wildman–Crippen MR) is 108 cm³/mol. The summed E-state index contributed by atoms with van der Waals surface area (Å²) in [6.07, 6.45) is -0.195. The van der Waals surface area contributed by atoms with E-state index in [2.05, 4.69) is 20.9 Å². The largest absolute Gasteiger partial charge is 0.480 e. The number of aliphatic imine (C=N–C) groups is 1. The Balaban J connectivity index is 5.24. The second-order valence-corrected chi connectivity index (χ2v) is 6.60. The number of nitrogens with one attached hydrogen (secondary N) is 3. The van der Waals surface area contributed by atoms with E-state index < -0.39 is 66.8 Å². The Kier molecular flexibility index (Phi) is 12.2. The van der Waals surface area contributed by atoms with Crippen LogP contribution in [0.2, 0.25) is 0 Å². The number of aliphatic carboxylic acids is 1. The van der Waals surface area contributed by atoms with Gasteiger partial charge in [0, 0.05) is 6.54 Å². The van der Waals surface area contributed by atoms with Crippen molar-refractivity contribution in [3.63, 3.8) is 0 Å². The van der Waals surface area contributed by atoms with Gasteiger partial charge in [-0.05, 0) is 19.8 Å². The number of amides is 4. The second kappa shape index (κ2) is 13.7. The quantitative estimate of drug-likeness (QED) is 0.0694. The number of primary amides is 1. The van der Waals surface area contributed by atoms with Crippen LogP contribution in [0.25, 0.3) is 0 Å². The minimum atomic E-state index is -1.48. The van der Waals surface area contributed by atoms with Crippen molar-refractivity contribution in [1.82, 2.24) is 16.0 Å². The van der Waals surface area contributed by atoms with Crippen molar-refractivity contribution in [3.8, 4) is 0 Å². The summed E-state index contributed by atoms with van der Waals surface area (Å²) in [5, 5.41) is 24.9. The fourth-order valence-corrected chi connectivity index (χ4v) is 2.20. The van der Waals surface area contributed by atoms with Gasteiger partial charge in [0.1, 0.15) is 18.1 Å². The Morgan fingerprint density at radius 3 is 1.97 bits per heavy atom. The van der Waals surface area contributed by atoms with Crippen molar-refractivity contribution in [2.24, 2.45) is 27.9 Å². The van der Waals surface area contributed by atoms with Crippen LogP contribution in [0, 0.1) is 0 Å². The summed E-state index contributed by atoms with van der Waals surface area (Å²) in [6, 6.07) is -5.27. The molecule has 31 heavy (non-hydrogen) atoms. The van der Waals surface area contributed by atoms with Gasteiger partial charge in [0.2, 0.25) is 23.6 Å². The highest BCUT2D eigenvalue weighted by Gasteiger charge is 2.29. The number of aliphatic hydroxyl groups excluding tert-OH is 1. The molecule has 0 aliphatic rings. The smallest absolute Gasteiger partial charge is 0.325 e. The van der Waals surface area contributed by atoms with Crippen LogP contribution in [0.3, 0.4) is 0 Å². The van der Waals surface area contributed by atoms with Gasteiger partial charge in [-0.2, -0.15) is 0 Å². The van der Waals surface area contributed by atoms with Crippen molar-refractivity contribution in [2.75, 3.05) is 13.2 Å². The molecule has 0 saturated carbocycles. The number of carbonyl (C=O) groups is 5. The van der Waals surface area contributed by atoms with Crippen molar-refractivity contribution in [1.29, 1.82) is 0 Å². The van der Waals surface area contributed by atoms with E-state index >= 15 is 0 Å². The molecule has 0 rings (SSSR count). The Labute approximate surface area is 178 Å². The van der Waals surface area contributed by atoms with Gasteiger partial charge in [-0.3, -0.25) is 29.0 Å². The topological polar surface area (TPSA) is 278 Å². The summed E-state index contributed by atoms with van der Waals surface area (Å²) >= 11 is 0. The number of carboxylic acids is 1. The molecule has 0 aromatic carbocycles. The van der Waals surface area contributed by atoms with Gasteiger partial charge in [0.25, 0.3) is 0 Å². The molecule has 13 N–H and O–H groups in total. The van der Waals surface area contributed by atoms with E-state index in [0.29, 0.717) is 0 Å². The van der Waals surface area contributed by atoms with Crippen molar-refractivity contribution in [3.05, 3.63) is 0 Å². The molecule has 4 atom stereocenters. The van der Waals surface area contributed by atoms with Gasteiger partial charge in [0.15, 0.2) is 5.96 Å². The van der Waals surface area contributed by atoms with E-state index in [9.17, 15) is 29.1 Å². The monoisotopic (exact) mass is 446 g/mol. The molecule has 0 fully saturated rings. The average Bonchev–Trinajstić information content (AvgIpc) is 2.66. The van der Waals surface area contributed by atoms with Crippen LogP contribution in [-0.4, -0.2) is 83.1 Å². The van der Waals surface area contributed by atoms with Gasteiger partial charge >= 0.3 is 5.97 Å². The summed E-state index contributed by atoms with van der Waals surface area (Å²) in [5.41, 5.74) is 21.0. The maximum atomic E-state index is 12.6. The fraction of sp³-hybridized carbons (Fsp3) is 0.625. The number of nitrogens with zero attached hydrogens (tertiary/aromatic N) is 1. The molecule has 0 aromatic rings. The summed E-state index contributed by atoms with van der Waals surface area (Å²) in [6.45, 7) is 0.498. The number of guanidine groups is 1. The highest BCUT2D eigenvalue weighted by atomic mass is 16.4. The number of carboxylic acid groups (broad SMARTS) is 1. The maximum absolute atomic E-state index is 12.6. The Morgan fingerprint density at radius 2 is 1.48 bits per heavy atom. The molecule has 0 aromatic heterocycles. The summed E-state index contributed by atoms with van der Waals surface area (Å²) in [7, 11) is 0. The molecule has 0 heterocycles. The summed E-state index contributed by atoms with van der Waals surface area (Å²) in [4.78, 5) is 62.4. The van der Waals surface area contributed by atoms with Gasteiger partial charge in [-0.1, -0.05) is 0 Å². The number of hydrogen-bond donors (Lipinski definition) is 9. The second-order valence-electron chi connectivity index (χ2n) is 6.60. The Hall–Kier alpha value is -3.46. The van der Waals surface area contributed by atoms with Crippen molar-refractivity contribution in [2.45, 2.75) is 50.4 Å². The van der Waals surface area contributed by atoms with E-state index in [4.69, 9.17) is 28.0 Å². The van der Waals surface area contributed by atoms with Gasteiger partial charge in [-0.25, -0.2) is 0 Å². The number of aliphatic hydroxyl groups is 1. The van der Waals surface area contributed by atoms with E-state index in [1.54, 1.807) is 0 Å². The van der Waals surface area contributed by atoms with Gasteiger partial charge in [0.05, 0.1) is 19.1 Å². The minimum Gasteiger partial charge on any atom is -0.480 e. The predicted octanol–water partition coefficient (Wildman–Crippen LogP) is -5.21. The standard InChI is InChI=1S/C16H30N8O7/c1-7(15(30)31)22-14(29)10(6-25)24-13(28)9(3-2-4-21-16(19)20)23-12(27)8(17)5-11(18)26/h7-10,25H,2-6,17H2,1H3,(H2,18,26)(H,22,29)(H,23,27)(H,24,28)(H,30,31)(H4,19,20,21). The minimum absolute atomic E-state index is 0.0168. The zero-order chi connectivity index (χ0) is 24.1. The zero-order valence-corrected chi connectivity index (χ0v) is 17.0. The van der Waals surface area contributed by atoms with E-state index in [-0.39, 0.29) is 25.3 Å². The Bertz CT molecular complexity index is 695. The van der Waals surface area contributed by atoms with Crippen molar-refractivity contribution < 1.29 is 34.2 Å². The lowest BCUT2D eigenvalue weighted by Gasteiger charge is -2.23. The summed E-state index contributed by atoms with van der Waals surface area (Å²) in [5.74, 6) is -4.95. The third kappa shape index (κ3) is 11.3. The molecule has 0 aliphatic heterocycles. The number of hydrogen-bond acceptors (Lipinski definition) is 8. The zero-order valence-electron chi connectivity index (χ0n) is 17.0. The van der Waals surface area contributed by atoms with E-state index in [1.165, 1.54) is 6.92 Å². The first kappa shape index (κ1) is 27.5.